The summed E-state index contributed by atoms with van der Waals surface area (Å²) in [5.74, 6) is -2.41. The molecule has 2 heterocycles. The highest BCUT2D eigenvalue weighted by molar-refractivity contribution is 6.98. The van der Waals surface area contributed by atoms with Gasteiger partial charge < -0.3 is 20.1 Å². The van der Waals surface area contributed by atoms with Gasteiger partial charge in [-0.15, -0.1) is 0 Å². The molecule has 4 nitrogen and oxygen atoms in total. The maximum atomic E-state index is 13.7. The van der Waals surface area contributed by atoms with E-state index in [-0.39, 0.29) is 43.7 Å². The molecule has 4 aromatic carbocycles. The topological polar surface area (TPSA) is 80.9 Å². The third kappa shape index (κ3) is 3.77. The molecule has 0 radical (unpaired) electrons. The van der Waals surface area contributed by atoms with Gasteiger partial charge in [0.1, 0.15) is 23.3 Å². The van der Waals surface area contributed by atoms with E-state index in [1.54, 1.807) is 0 Å². The number of benzene rings is 4. The van der Waals surface area contributed by atoms with Crippen molar-refractivity contribution in [3.63, 3.8) is 0 Å². The minimum atomic E-state index is -1.25. The van der Waals surface area contributed by atoms with Gasteiger partial charge in [0.05, 0.1) is 0 Å². The van der Waals surface area contributed by atoms with Gasteiger partial charge in [-0.2, -0.15) is 0 Å². The van der Waals surface area contributed by atoms with E-state index >= 15 is 0 Å². The first kappa shape index (κ1) is 24.4. The van der Waals surface area contributed by atoms with Crippen LogP contribution in [-0.2, 0) is 0 Å². The molecule has 0 atom stereocenters. The van der Waals surface area contributed by atoms with Crippen LogP contribution < -0.4 is 43.7 Å². The zero-order chi connectivity index (χ0) is 25.7. The van der Waals surface area contributed by atoms with Crippen LogP contribution in [0.2, 0.25) is 0 Å². The second-order valence-corrected chi connectivity index (χ2v) is 8.58. The van der Waals surface area contributed by atoms with Gasteiger partial charge in [-0.25, -0.2) is 17.6 Å². The van der Waals surface area contributed by atoms with Crippen LogP contribution in [0.25, 0.3) is 0 Å². The van der Waals surface area contributed by atoms with Gasteiger partial charge in [0, 0.05) is 0 Å². The molecule has 0 aromatic heterocycles. The third-order valence-corrected chi connectivity index (χ3v) is 6.62. The average Bonchev–Trinajstić information content (AvgIpc) is 2.86. The van der Waals surface area contributed by atoms with E-state index in [0.717, 1.165) is 0 Å². The van der Waals surface area contributed by atoms with Crippen molar-refractivity contribution in [1.82, 2.24) is 0 Å². The molecule has 0 fully saturated rings. The normalized spacial score (nSPS) is 13.3. The molecule has 36 heavy (non-hydrogen) atoms. The Labute approximate surface area is 205 Å². The summed E-state index contributed by atoms with van der Waals surface area (Å²) in [5.41, 5.74) is 0.901. The molecule has 2 aliphatic heterocycles. The highest BCUT2D eigenvalue weighted by Crippen LogP contribution is 2.04. The molecule has 0 spiro atoms. The first-order chi connectivity index (χ1) is 17.2. The Bertz CT molecular complexity index is 1270. The molecule has 4 N–H and O–H groups in total. The molecular weight excluding hydrogens is 472 g/mol. The summed E-state index contributed by atoms with van der Waals surface area (Å²) in [6.07, 6.45) is 0. The molecule has 0 saturated heterocycles. The second-order valence-electron chi connectivity index (χ2n) is 8.58. The van der Waals surface area contributed by atoms with E-state index in [4.69, 9.17) is 0 Å². The molecule has 12 heteroatoms. The molecule has 0 amide bonds. The Hall–Kier alpha value is -3.30. The molecule has 2 aliphatic rings. The first-order valence-electron chi connectivity index (χ1n) is 11.1. The lowest BCUT2D eigenvalue weighted by Gasteiger charge is -2.25. The Morgan fingerprint density at radius 3 is 0.750 bits per heavy atom. The number of hydrogen-bond donors (Lipinski definition) is 4. The van der Waals surface area contributed by atoms with Crippen molar-refractivity contribution in [3.05, 3.63) is 96.1 Å². The quantitative estimate of drug-likeness (QED) is 0.157. The average molecular weight is 488 g/mol. The summed E-state index contributed by atoms with van der Waals surface area (Å²) in [6, 6.07) is 16.5. The van der Waals surface area contributed by atoms with Gasteiger partial charge in [0.25, 0.3) is 0 Å². The van der Waals surface area contributed by atoms with E-state index in [1.165, 1.54) is 72.8 Å². The fourth-order valence-electron chi connectivity index (χ4n) is 4.94. The van der Waals surface area contributed by atoms with Gasteiger partial charge in [-0.1, -0.05) is 48.5 Å². The maximum absolute atomic E-state index is 13.7. The Morgan fingerprint density at radius 1 is 0.361 bits per heavy atom. The zero-order valence-corrected chi connectivity index (χ0v) is 18.5. The molecule has 0 unspecified atom stereocenters. The van der Waals surface area contributed by atoms with Crippen LogP contribution in [0.3, 0.4) is 0 Å². The van der Waals surface area contributed by atoms with E-state index in [9.17, 15) is 37.7 Å². The molecule has 4 aromatic rings. The van der Waals surface area contributed by atoms with Crippen LogP contribution >= 0.6 is 0 Å². The summed E-state index contributed by atoms with van der Waals surface area (Å²) >= 11 is 0. The van der Waals surface area contributed by atoms with Crippen LogP contribution in [0.5, 0.6) is 0 Å². The SMILES string of the molecule is OB1c2cccc(F)c2B(O)c2cccc(F)c21.OB1c2cccc(F)c2B(O)c2cccc(F)c21. The molecule has 0 aliphatic carbocycles. The van der Waals surface area contributed by atoms with Crippen molar-refractivity contribution in [1.29, 1.82) is 0 Å². The second kappa shape index (κ2) is 9.29. The fourth-order valence-corrected chi connectivity index (χ4v) is 4.94. The molecule has 0 saturated carbocycles. The van der Waals surface area contributed by atoms with Crippen LogP contribution in [0.1, 0.15) is 0 Å². The predicted molar refractivity (Wildman–Crippen MR) is 135 cm³/mol. The van der Waals surface area contributed by atoms with Crippen molar-refractivity contribution in [3.8, 4) is 0 Å². The molecular formula is C24H16B4F4O4. The van der Waals surface area contributed by atoms with Gasteiger partial charge >= 0.3 is 27.7 Å². The van der Waals surface area contributed by atoms with E-state index < -0.39 is 50.9 Å². The summed E-state index contributed by atoms with van der Waals surface area (Å²) in [6.45, 7) is -5.02. The Kier molecular flexibility index (Phi) is 6.30. The largest absolute Gasteiger partial charge is 0.443 e. The summed E-state index contributed by atoms with van der Waals surface area (Å²) in [7, 11) is 0. The molecule has 176 valence electrons. The standard InChI is InChI=1S/2C12H8B2F2O2/c2*15-9-5-1-3-7-11(9)14(18)8-4-2-6-10(16)12(8)13(7)17/h2*1-6,17-18H. The van der Waals surface area contributed by atoms with E-state index in [0.29, 0.717) is 0 Å². The molecule has 0 bridgehead atoms. The smallest absolute Gasteiger partial charge is 0.361 e. The van der Waals surface area contributed by atoms with Gasteiger partial charge in [0.15, 0.2) is 0 Å². The Morgan fingerprint density at radius 2 is 0.556 bits per heavy atom. The molecule has 6 rings (SSSR count). The van der Waals surface area contributed by atoms with E-state index in [2.05, 4.69) is 0 Å². The highest BCUT2D eigenvalue weighted by Gasteiger charge is 2.40. The summed E-state index contributed by atoms with van der Waals surface area (Å²) < 4.78 is 54.9. The third-order valence-electron chi connectivity index (χ3n) is 6.62. The zero-order valence-electron chi connectivity index (χ0n) is 18.5. The van der Waals surface area contributed by atoms with Crippen molar-refractivity contribution in [2.45, 2.75) is 0 Å². The van der Waals surface area contributed by atoms with Gasteiger partial charge in [-0.3, -0.25) is 0 Å². The fraction of sp³-hybridized carbons (Fsp3) is 0. The van der Waals surface area contributed by atoms with E-state index in [1.807, 2.05) is 0 Å². The predicted octanol–water partition coefficient (Wildman–Crippen LogP) is -3.05. The van der Waals surface area contributed by atoms with Crippen molar-refractivity contribution >= 4 is 71.4 Å². The lowest BCUT2D eigenvalue weighted by atomic mass is 9.36. The van der Waals surface area contributed by atoms with Crippen LogP contribution in [0.15, 0.2) is 72.8 Å². The number of halogens is 4. The monoisotopic (exact) mass is 488 g/mol. The summed E-state index contributed by atoms with van der Waals surface area (Å²) in [4.78, 5) is 0. The number of fused-ring (bicyclic) bond motifs is 4. The van der Waals surface area contributed by atoms with Crippen LogP contribution in [-0.4, -0.2) is 47.8 Å². The van der Waals surface area contributed by atoms with Gasteiger partial charge in [-0.05, 0) is 68.0 Å². The van der Waals surface area contributed by atoms with Crippen LogP contribution in [0, 0.1) is 23.3 Å². The lowest BCUT2D eigenvalue weighted by Crippen LogP contribution is -2.70. The number of rotatable bonds is 0. The minimum absolute atomic E-state index is 0.0168. The summed E-state index contributed by atoms with van der Waals surface area (Å²) in [5, 5.41) is 40.5. The number of hydrogen-bond acceptors (Lipinski definition) is 4. The van der Waals surface area contributed by atoms with Crippen molar-refractivity contribution in [2.75, 3.05) is 0 Å². The van der Waals surface area contributed by atoms with Gasteiger partial charge in [0.2, 0.25) is 0 Å². The van der Waals surface area contributed by atoms with Crippen LogP contribution in [0.4, 0.5) is 17.6 Å². The highest BCUT2D eigenvalue weighted by atomic mass is 19.1. The first-order valence-corrected chi connectivity index (χ1v) is 11.1. The lowest BCUT2D eigenvalue weighted by molar-refractivity contribution is 0.577. The maximum Gasteiger partial charge on any atom is 0.361 e. The minimum Gasteiger partial charge on any atom is -0.443 e. The van der Waals surface area contributed by atoms with Crippen molar-refractivity contribution in [2.24, 2.45) is 0 Å². The Balaban J connectivity index is 0.000000148. The van der Waals surface area contributed by atoms with Crippen molar-refractivity contribution < 1.29 is 37.7 Å².